The third-order valence-electron chi connectivity index (χ3n) is 5.36. The fourth-order valence-corrected chi connectivity index (χ4v) is 4.00. The van der Waals surface area contributed by atoms with Crippen LogP contribution >= 0.6 is 11.6 Å². The van der Waals surface area contributed by atoms with Crippen molar-refractivity contribution < 1.29 is 4.79 Å². The van der Waals surface area contributed by atoms with Gasteiger partial charge < -0.3 is 4.90 Å². The highest BCUT2D eigenvalue weighted by Crippen LogP contribution is 2.27. The molecule has 0 saturated heterocycles. The predicted molar refractivity (Wildman–Crippen MR) is 124 cm³/mol. The third-order valence-corrected chi connectivity index (χ3v) is 5.68. The molecular weight excluding hydrogens is 410 g/mol. The summed E-state index contributed by atoms with van der Waals surface area (Å²) < 4.78 is 1.52. The van der Waals surface area contributed by atoms with Crippen LogP contribution in [0.4, 0.5) is 0 Å². The Morgan fingerprint density at radius 2 is 1.65 bits per heavy atom. The van der Waals surface area contributed by atoms with E-state index >= 15 is 0 Å². The molecule has 0 saturated carbocycles. The molecule has 31 heavy (non-hydrogen) atoms. The first-order valence-electron chi connectivity index (χ1n) is 10.2. The van der Waals surface area contributed by atoms with E-state index in [0.717, 1.165) is 0 Å². The van der Waals surface area contributed by atoms with E-state index in [2.05, 4.69) is 0 Å². The standard InChI is InChI=1S/C25H22ClN3O2/c1-3-28(24(30)18-11-5-4-6-12-18)17(2)23-27-21-15-9-7-13-19(21)25(31)29(23)22-16-10-8-14-20(22)26/h4-17H,3H2,1-2H3. The zero-order valence-electron chi connectivity index (χ0n) is 17.3. The van der Waals surface area contributed by atoms with Crippen molar-refractivity contribution in [2.45, 2.75) is 19.9 Å². The van der Waals surface area contributed by atoms with E-state index in [1.54, 1.807) is 41.3 Å². The molecule has 1 unspecified atom stereocenters. The summed E-state index contributed by atoms with van der Waals surface area (Å²) >= 11 is 6.46. The summed E-state index contributed by atoms with van der Waals surface area (Å²) in [6, 6.07) is 23.0. The number of halogens is 1. The summed E-state index contributed by atoms with van der Waals surface area (Å²) in [6.07, 6.45) is 0. The Morgan fingerprint density at radius 1 is 1.00 bits per heavy atom. The Morgan fingerprint density at radius 3 is 2.35 bits per heavy atom. The topological polar surface area (TPSA) is 55.2 Å². The van der Waals surface area contributed by atoms with Gasteiger partial charge in [0.1, 0.15) is 5.82 Å². The van der Waals surface area contributed by atoms with Gasteiger partial charge in [0, 0.05) is 12.1 Å². The first kappa shape index (κ1) is 20.8. The molecule has 4 rings (SSSR count). The molecule has 0 radical (unpaired) electrons. The molecule has 0 N–H and O–H groups in total. The molecule has 0 aliphatic carbocycles. The van der Waals surface area contributed by atoms with Crippen molar-refractivity contribution in [3.63, 3.8) is 0 Å². The second-order valence-corrected chi connectivity index (χ2v) is 7.62. The van der Waals surface area contributed by atoms with E-state index in [-0.39, 0.29) is 11.5 Å². The van der Waals surface area contributed by atoms with E-state index in [9.17, 15) is 9.59 Å². The molecule has 1 aromatic heterocycles. The maximum absolute atomic E-state index is 13.5. The van der Waals surface area contributed by atoms with Crippen LogP contribution in [0, 0.1) is 0 Å². The number of amides is 1. The minimum Gasteiger partial charge on any atom is -0.329 e. The van der Waals surface area contributed by atoms with Crippen LogP contribution < -0.4 is 5.56 Å². The van der Waals surface area contributed by atoms with Gasteiger partial charge >= 0.3 is 0 Å². The van der Waals surface area contributed by atoms with Crippen molar-refractivity contribution in [3.8, 4) is 5.69 Å². The number of carbonyl (C=O) groups excluding carboxylic acids is 1. The van der Waals surface area contributed by atoms with Crippen LogP contribution in [0.5, 0.6) is 0 Å². The second-order valence-electron chi connectivity index (χ2n) is 7.21. The molecular formula is C25H22ClN3O2. The van der Waals surface area contributed by atoms with Crippen molar-refractivity contribution in [3.05, 3.63) is 106 Å². The normalized spacial score (nSPS) is 12.0. The molecule has 6 heteroatoms. The average Bonchev–Trinajstić information content (AvgIpc) is 2.80. The zero-order chi connectivity index (χ0) is 22.0. The molecule has 0 spiro atoms. The van der Waals surface area contributed by atoms with Crippen LogP contribution in [-0.4, -0.2) is 26.9 Å². The molecule has 0 fully saturated rings. The number of hydrogen-bond acceptors (Lipinski definition) is 3. The van der Waals surface area contributed by atoms with Gasteiger partial charge in [0.05, 0.1) is 27.7 Å². The van der Waals surface area contributed by atoms with Crippen LogP contribution in [0.1, 0.15) is 36.1 Å². The molecule has 3 aromatic carbocycles. The average molecular weight is 432 g/mol. The van der Waals surface area contributed by atoms with Crippen molar-refractivity contribution in [1.29, 1.82) is 0 Å². The minimum absolute atomic E-state index is 0.122. The molecule has 1 amide bonds. The van der Waals surface area contributed by atoms with E-state index in [4.69, 9.17) is 16.6 Å². The lowest BCUT2D eigenvalue weighted by molar-refractivity contribution is 0.0693. The van der Waals surface area contributed by atoms with Gasteiger partial charge in [0.15, 0.2) is 0 Å². The summed E-state index contributed by atoms with van der Waals surface area (Å²) in [7, 11) is 0. The number of benzene rings is 3. The van der Waals surface area contributed by atoms with Gasteiger partial charge in [-0.05, 0) is 50.2 Å². The fraction of sp³-hybridized carbons (Fsp3) is 0.160. The van der Waals surface area contributed by atoms with Crippen LogP contribution in [-0.2, 0) is 0 Å². The second kappa shape index (κ2) is 8.74. The highest BCUT2D eigenvalue weighted by molar-refractivity contribution is 6.32. The monoisotopic (exact) mass is 431 g/mol. The molecule has 4 aromatic rings. The first-order valence-corrected chi connectivity index (χ1v) is 10.5. The van der Waals surface area contributed by atoms with Crippen LogP contribution in [0.15, 0.2) is 83.7 Å². The fourth-order valence-electron chi connectivity index (χ4n) is 3.78. The lowest BCUT2D eigenvalue weighted by Gasteiger charge is -2.29. The summed E-state index contributed by atoms with van der Waals surface area (Å²) in [4.78, 5) is 33.3. The SMILES string of the molecule is CCN(C(=O)c1ccccc1)C(C)c1nc2ccccc2c(=O)n1-c1ccccc1Cl. The van der Waals surface area contributed by atoms with Crippen molar-refractivity contribution in [1.82, 2.24) is 14.5 Å². The number of hydrogen-bond donors (Lipinski definition) is 0. The lowest BCUT2D eigenvalue weighted by atomic mass is 10.1. The van der Waals surface area contributed by atoms with E-state index < -0.39 is 6.04 Å². The summed E-state index contributed by atoms with van der Waals surface area (Å²) in [5, 5.41) is 0.934. The summed E-state index contributed by atoms with van der Waals surface area (Å²) in [6.45, 7) is 4.25. The van der Waals surface area contributed by atoms with E-state index in [0.29, 0.717) is 39.5 Å². The maximum atomic E-state index is 13.5. The van der Waals surface area contributed by atoms with E-state index in [1.165, 1.54) is 4.57 Å². The van der Waals surface area contributed by atoms with Crippen LogP contribution in [0.2, 0.25) is 5.02 Å². The molecule has 1 atom stereocenters. The van der Waals surface area contributed by atoms with Gasteiger partial charge in [0.2, 0.25) is 0 Å². The van der Waals surface area contributed by atoms with Crippen molar-refractivity contribution in [2.24, 2.45) is 0 Å². The number of nitrogens with zero attached hydrogens (tertiary/aromatic N) is 3. The highest BCUT2D eigenvalue weighted by Gasteiger charge is 2.27. The summed E-state index contributed by atoms with van der Waals surface area (Å²) in [5.41, 5.74) is 1.49. The van der Waals surface area contributed by atoms with Gasteiger partial charge in [-0.15, -0.1) is 0 Å². The molecule has 1 heterocycles. The lowest BCUT2D eigenvalue weighted by Crippen LogP contribution is -2.37. The Bertz CT molecular complexity index is 1300. The molecule has 0 aliphatic rings. The highest BCUT2D eigenvalue weighted by atomic mass is 35.5. The quantitative estimate of drug-likeness (QED) is 0.433. The largest absolute Gasteiger partial charge is 0.329 e. The number of fused-ring (bicyclic) bond motifs is 1. The van der Waals surface area contributed by atoms with Gasteiger partial charge in [0.25, 0.3) is 11.5 Å². The van der Waals surface area contributed by atoms with E-state index in [1.807, 2.05) is 56.3 Å². The number of carbonyl (C=O) groups is 1. The maximum Gasteiger partial charge on any atom is 0.266 e. The molecule has 0 aliphatic heterocycles. The number of aromatic nitrogens is 2. The Labute approximate surface area is 185 Å². The van der Waals surface area contributed by atoms with Gasteiger partial charge in [-0.25, -0.2) is 4.98 Å². The van der Waals surface area contributed by atoms with Gasteiger partial charge in [-0.1, -0.05) is 54.1 Å². The van der Waals surface area contributed by atoms with Crippen molar-refractivity contribution >= 4 is 28.4 Å². The molecule has 0 bridgehead atoms. The smallest absolute Gasteiger partial charge is 0.266 e. The predicted octanol–water partition coefficient (Wildman–Crippen LogP) is 5.26. The minimum atomic E-state index is -0.466. The Balaban J connectivity index is 1.93. The molecule has 5 nitrogen and oxygen atoms in total. The van der Waals surface area contributed by atoms with Crippen molar-refractivity contribution in [2.75, 3.05) is 6.54 Å². The van der Waals surface area contributed by atoms with Gasteiger partial charge in [-0.2, -0.15) is 0 Å². The molecule has 156 valence electrons. The first-order chi connectivity index (χ1) is 15.0. The third kappa shape index (κ3) is 3.84. The zero-order valence-corrected chi connectivity index (χ0v) is 18.1. The number of para-hydroxylation sites is 2. The van der Waals surface area contributed by atoms with Crippen LogP contribution in [0.25, 0.3) is 16.6 Å². The Kier molecular flexibility index (Phi) is 5.87. The summed E-state index contributed by atoms with van der Waals surface area (Å²) in [5.74, 6) is 0.339. The number of rotatable bonds is 5. The van der Waals surface area contributed by atoms with Crippen LogP contribution in [0.3, 0.4) is 0 Å². The van der Waals surface area contributed by atoms with Gasteiger partial charge in [-0.3, -0.25) is 14.2 Å². The Hall–Kier alpha value is -3.44.